The van der Waals surface area contributed by atoms with Crippen molar-refractivity contribution in [2.45, 2.75) is 26.0 Å². The molecule has 15 heavy (non-hydrogen) atoms. The molecule has 0 aliphatic heterocycles. The number of hydrogen-bond acceptors (Lipinski definition) is 3. The molecule has 2 atom stereocenters. The Balaban J connectivity index is 2.53. The van der Waals surface area contributed by atoms with Crippen molar-refractivity contribution in [3.63, 3.8) is 0 Å². The van der Waals surface area contributed by atoms with E-state index in [0.717, 1.165) is 5.56 Å². The van der Waals surface area contributed by atoms with Crippen molar-refractivity contribution in [1.82, 2.24) is 10.9 Å². The van der Waals surface area contributed by atoms with E-state index < -0.39 is 6.23 Å². The minimum atomic E-state index is -0.795. The molecule has 1 aromatic rings. The lowest BCUT2D eigenvalue weighted by atomic mass is 10.00. The molecule has 1 amide bonds. The smallest absolute Gasteiger partial charge is 0.231 e. The predicted molar refractivity (Wildman–Crippen MR) is 57.8 cm³/mol. The number of nitrogens with one attached hydrogen (secondary N) is 2. The second kappa shape index (κ2) is 5.48. The Hall–Kier alpha value is -1.39. The first-order valence-electron chi connectivity index (χ1n) is 4.86. The van der Waals surface area contributed by atoms with Gasteiger partial charge in [-0.2, -0.15) is 0 Å². The third kappa shape index (κ3) is 3.69. The molecule has 0 radical (unpaired) electrons. The Morgan fingerprint density at radius 3 is 2.47 bits per heavy atom. The van der Waals surface area contributed by atoms with Crippen molar-refractivity contribution in [3.05, 3.63) is 35.9 Å². The average molecular weight is 208 g/mol. The normalized spacial score (nSPS) is 14.3. The van der Waals surface area contributed by atoms with Gasteiger partial charge in [-0.25, -0.2) is 5.43 Å². The van der Waals surface area contributed by atoms with E-state index in [1.807, 2.05) is 37.3 Å². The van der Waals surface area contributed by atoms with Crippen molar-refractivity contribution < 1.29 is 9.90 Å². The van der Waals surface area contributed by atoms with Crippen molar-refractivity contribution in [2.75, 3.05) is 0 Å². The Morgan fingerprint density at radius 2 is 1.93 bits per heavy atom. The van der Waals surface area contributed by atoms with Crippen molar-refractivity contribution >= 4 is 5.91 Å². The highest BCUT2D eigenvalue weighted by molar-refractivity contribution is 5.72. The van der Waals surface area contributed by atoms with Gasteiger partial charge >= 0.3 is 0 Å². The molecule has 4 nitrogen and oxygen atoms in total. The number of rotatable bonds is 4. The third-order valence-corrected chi connectivity index (χ3v) is 2.20. The zero-order chi connectivity index (χ0) is 11.3. The van der Waals surface area contributed by atoms with Gasteiger partial charge in [-0.1, -0.05) is 37.3 Å². The van der Waals surface area contributed by atoms with Gasteiger partial charge in [-0.15, -0.1) is 0 Å². The first-order valence-corrected chi connectivity index (χ1v) is 4.86. The molecule has 0 aliphatic rings. The van der Waals surface area contributed by atoms with Crippen molar-refractivity contribution in [3.8, 4) is 0 Å². The molecule has 0 aromatic heterocycles. The largest absolute Gasteiger partial charge is 0.376 e. The summed E-state index contributed by atoms with van der Waals surface area (Å²) in [6.07, 6.45) is -0.795. The molecule has 0 saturated carbocycles. The lowest BCUT2D eigenvalue weighted by Gasteiger charge is -2.20. The van der Waals surface area contributed by atoms with E-state index in [4.69, 9.17) is 0 Å². The molecule has 0 heterocycles. The molecular formula is C11H16N2O2. The molecule has 82 valence electrons. The average Bonchev–Trinajstić information content (AvgIpc) is 2.26. The van der Waals surface area contributed by atoms with Crippen LogP contribution in [0.3, 0.4) is 0 Å². The maximum atomic E-state index is 10.6. The molecule has 0 fully saturated rings. The summed E-state index contributed by atoms with van der Waals surface area (Å²) < 4.78 is 0. The minimum absolute atomic E-state index is 0.0851. The molecule has 1 aromatic carbocycles. The monoisotopic (exact) mass is 208 g/mol. The first kappa shape index (κ1) is 11.7. The van der Waals surface area contributed by atoms with E-state index >= 15 is 0 Å². The molecule has 1 rings (SSSR count). The summed E-state index contributed by atoms with van der Waals surface area (Å²) in [6.45, 7) is 3.27. The zero-order valence-corrected chi connectivity index (χ0v) is 8.90. The van der Waals surface area contributed by atoms with Crippen LogP contribution in [0.5, 0.6) is 0 Å². The maximum Gasteiger partial charge on any atom is 0.231 e. The summed E-state index contributed by atoms with van der Waals surface area (Å²) in [5.74, 6) is -0.313. The highest BCUT2D eigenvalue weighted by atomic mass is 16.3. The van der Waals surface area contributed by atoms with Gasteiger partial charge in [0.15, 0.2) is 0 Å². The van der Waals surface area contributed by atoms with Crippen LogP contribution in [0.1, 0.15) is 25.3 Å². The highest BCUT2D eigenvalue weighted by Crippen LogP contribution is 2.16. The van der Waals surface area contributed by atoms with Crippen LogP contribution in [0.25, 0.3) is 0 Å². The summed E-state index contributed by atoms with van der Waals surface area (Å²) in [7, 11) is 0. The summed E-state index contributed by atoms with van der Waals surface area (Å²) in [5.41, 5.74) is 5.91. The maximum absolute atomic E-state index is 10.6. The standard InChI is InChI=1S/C11H16N2O2/c1-8(10-6-4-3-5-7-10)11(15)13-12-9(2)14/h3-8,11,13,15H,1-2H3,(H,12,14). The molecule has 3 N–H and O–H groups in total. The van der Waals surface area contributed by atoms with Crippen LogP contribution in [0.4, 0.5) is 0 Å². The van der Waals surface area contributed by atoms with Crippen molar-refractivity contribution in [1.29, 1.82) is 0 Å². The van der Waals surface area contributed by atoms with Gasteiger partial charge in [-0.05, 0) is 5.56 Å². The lowest BCUT2D eigenvalue weighted by Crippen LogP contribution is -2.45. The fourth-order valence-corrected chi connectivity index (χ4v) is 1.24. The van der Waals surface area contributed by atoms with E-state index in [0.29, 0.717) is 0 Å². The van der Waals surface area contributed by atoms with Crippen LogP contribution >= 0.6 is 0 Å². The Labute approximate surface area is 89.3 Å². The minimum Gasteiger partial charge on any atom is -0.376 e. The molecule has 0 bridgehead atoms. The summed E-state index contributed by atoms with van der Waals surface area (Å²) in [6, 6.07) is 9.62. The fourth-order valence-electron chi connectivity index (χ4n) is 1.24. The second-order valence-corrected chi connectivity index (χ2v) is 3.47. The lowest BCUT2D eigenvalue weighted by molar-refractivity contribution is -0.121. The summed E-state index contributed by atoms with van der Waals surface area (Å²) in [4.78, 5) is 10.6. The topological polar surface area (TPSA) is 61.4 Å². The van der Waals surface area contributed by atoms with Gasteiger partial charge in [0, 0.05) is 12.8 Å². The van der Waals surface area contributed by atoms with E-state index in [9.17, 15) is 9.90 Å². The Morgan fingerprint density at radius 1 is 1.33 bits per heavy atom. The Kier molecular flexibility index (Phi) is 4.27. The quantitative estimate of drug-likeness (QED) is 0.505. The SMILES string of the molecule is CC(=O)NNC(O)C(C)c1ccccc1. The number of aliphatic hydroxyl groups excluding tert-OH is 1. The second-order valence-electron chi connectivity index (χ2n) is 3.47. The van der Waals surface area contributed by atoms with E-state index in [1.165, 1.54) is 6.92 Å². The highest BCUT2D eigenvalue weighted by Gasteiger charge is 2.15. The van der Waals surface area contributed by atoms with Gasteiger partial charge in [0.2, 0.25) is 5.91 Å². The number of hydrazine groups is 1. The van der Waals surface area contributed by atoms with Gasteiger partial charge < -0.3 is 5.11 Å². The van der Waals surface area contributed by atoms with E-state index in [1.54, 1.807) is 0 Å². The van der Waals surface area contributed by atoms with Crippen LogP contribution in [-0.2, 0) is 4.79 Å². The van der Waals surface area contributed by atoms with Crippen LogP contribution < -0.4 is 10.9 Å². The number of benzene rings is 1. The third-order valence-electron chi connectivity index (χ3n) is 2.20. The van der Waals surface area contributed by atoms with Crippen LogP contribution in [0.2, 0.25) is 0 Å². The number of amides is 1. The molecule has 4 heteroatoms. The zero-order valence-electron chi connectivity index (χ0n) is 8.90. The van der Waals surface area contributed by atoms with Gasteiger partial charge in [0.1, 0.15) is 6.23 Å². The molecule has 2 unspecified atom stereocenters. The van der Waals surface area contributed by atoms with Gasteiger partial charge in [0.25, 0.3) is 0 Å². The number of aliphatic hydroxyl groups is 1. The number of hydrogen-bond donors (Lipinski definition) is 3. The van der Waals surface area contributed by atoms with E-state index in [2.05, 4.69) is 10.9 Å². The fraction of sp³-hybridized carbons (Fsp3) is 0.364. The Bertz CT molecular complexity index is 314. The van der Waals surface area contributed by atoms with Crippen LogP contribution in [0.15, 0.2) is 30.3 Å². The summed E-state index contributed by atoms with van der Waals surface area (Å²) >= 11 is 0. The molecule has 0 aliphatic carbocycles. The summed E-state index contributed by atoms with van der Waals surface area (Å²) in [5, 5.41) is 9.69. The molecular weight excluding hydrogens is 192 g/mol. The van der Waals surface area contributed by atoms with Gasteiger partial charge in [-0.3, -0.25) is 10.2 Å². The van der Waals surface area contributed by atoms with E-state index in [-0.39, 0.29) is 11.8 Å². The van der Waals surface area contributed by atoms with Crippen molar-refractivity contribution in [2.24, 2.45) is 0 Å². The number of carbonyl (C=O) groups excluding carboxylic acids is 1. The number of carbonyl (C=O) groups is 1. The molecule has 0 saturated heterocycles. The van der Waals surface area contributed by atoms with Crippen LogP contribution in [0, 0.1) is 0 Å². The first-order chi connectivity index (χ1) is 7.11. The predicted octanol–water partition coefficient (Wildman–Crippen LogP) is 0.749. The van der Waals surface area contributed by atoms with Gasteiger partial charge in [0.05, 0.1) is 0 Å². The van der Waals surface area contributed by atoms with Crippen LogP contribution in [-0.4, -0.2) is 17.2 Å². The molecule has 0 spiro atoms.